The summed E-state index contributed by atoms with van der Waals surface area (Å²) in [6, 6.07) is 8.65. The molecule has 0 spiro atoms. The molecule has 3 aromatic heterocycles. The lowest BCUT2D eigenvalue weighted by Gasteiger charge is -2.11. The molecule has 0 bridgehead atoms. The van der Waals surface area contributed by atoms with Crippen molar-refractivity contribution in [3.05, 3.63) is 88.3 Å². The van der Waals surface area contributed by atoms with Gasteiger partial charge < -0.3 is 14.9 Å². The van der Waals surface area contributed by atoms with Crippen molar-refractivity contribution in [1.82, 2.24) is 9.38 Å². The number of aryl methyl sites for hydroxylation is 3. The molecular formula is C25H25F2N3O3. The highest BCUT2D eigenvalue weighted by Gasteiger charge is 2.21. The van der Waals surface area contributed by atoms with Gasteiger partial charge in [-0.25, -0.2) is 13.8 Å². The Morgan fingerprint density at radius 2 is 1.91 bits per heavy atom. The molecule has 4 rings (SSSR count). The van der Waals surface area contributed by atoms with Crippen LogP contribution in [-0.2, 0) is 6.61 Å². The molecule has 0 radical (unpaired) electrons. The molecule has 0 saturated heterocycles. The van der Waals surface area contributed by atoms with Gasteiger partial charge in [0.1, 0.15) is 35.5 Å². The second kappa shape index (κ2) is 9.15. The van der Waals surface area contributed by atoms with Crippen molar-refractivity contribution in [2.24, 2.45) is 5.73 Å². The van der Waals surface area contributed by atoms with Crippen molar-refractivity contribution in [2.75, 3.05) is 0 Å². The Kier molecular flexibility index (Phi) is 6.29. The van der Waals surface area contributed by atoms with Crippen molar-refractivity contribution in [2.45, 2.75) is 46.3 Å². The summed E-state index contributed by atoms with van der Waals surface area (Å²) in [5, 5.41) is 0. The third-order valence-electron chi connectivity index (χ3n) is 5.50. The molecule has 33 heavy (non-hydrogen) atoms. The van der Waals surface area contributed by atoms with Gasteiger partial charge in [0, 0.05) is 12.6 Å². The minimum Gasteiger partial charge on any atom is -0.485 e. The van der Waals surface area contributed by atoms with Gasteiger partial charge in [-0.05, 0) is 63.1 Å². The second-order valence-corrected chi connectivity index (χ2v) is 8.13. The van der Waals surface area contributed by atoms with Crippen LogP contribution in [0.25, 0.3) is 5.65 Å². The van der Waals surface area contributed by atoms with Crippen LogP contribution < -0.4 is 10.5 Å². The molecule has 0 fully saturated rings. The number of carbonyl (C=O) groups excluding carboxylic acids is 1. The van der Waals surface area contributed by atoms with E-state index in [-0.39, 0.29) is 24.4 Å². The normalized spacial score (nSPS) is 12.3. The first-order valence-corrected chi connectivity index (χ1v) is 10.6. The third-order valence-corrected chi connectivity index (χ3v) is 5.50. The number of hydrogen-bond acceptors (Lipinski definition) is 5. The number of ether oxygens (including phenoxy) is 1. The summed E-state index contributed by atoms with van der Waals surface area (Å²) in [7, 11) is 0. The minimum atomic E-state index is -0.683. The summed E-state index contributed by atoms with van der Waals surface area (Å²) in [6.07, 6.45) is 2.41. The maximum atomic E-state index is 14.0. The Hall–Kier alpha value is -3.52. The predicted molar refractivity (Wildman–Crippen MR) is 119 cm³/mol. The van der Waals surface area contributed by atoms with Crippen LogP contribution in [0, 0.1) is 32.4 Å². The lowest BCUT2D eigenvalue weighted by atomic mass is 10.1. The van der Waals surface area contributed by atoms with Crippen LogP contribution in [0.1, 0.15) is 57.7 Å². The van der Waals surface area contributed by atoms with E-state index in [4.69, 9.17) is 14.9 Å². The van der Waals surface area contributed by atoms with Crippen molar-refractivity contribution in [3.63, 3.8) is 0 Å². The molecule has 0 aliphatic carbocycles. The molecule has 2 N–H and O–H groups in total. The first-order valence-electron chi connectivity index (χ1n) is 10.6. The number of Topliss-reactive ketones (excluding diaryl/α,β-unsaturated/α-hetero) is 1. The number of nitrogens with zero attached hydrogens (tertiary/aromatic N) is 2. The smallest absolute Gasteiger partial charge is 0.181 e. The molecule has 0 amide bonds. The summed E-state index contributed by atoms with van der Waals surface area (Å²) in [5.41, 5.74) is 8.19. The van der Waals surface area contributed by atoms with Gasteiger partial charge in [-0.1, -0.05) is 6.07 Å². The largest absolute Gasteiger partial charge is 0.485 e. The van der Waals surface area contributed by atoms with Crippen LogP contribution in [0.3, 0.4) is 0 Å². The summed E-state index contributed by atoms with van der Waals surface area (Å²) in [4.78, 5) is 17.6. The zero-order valence-corrected chi connectivity index (χ0v) is 18.7. The van der Waals surface area contributed by atoms with Gasteiger partial charge >= 0.3 is 0 Å². The van der Waals surface area contributed by atoms with Gasteiger partial charge in [-0.2, -0.15) is 0 Å². The van der Waals surface area contributed by atoms with E-state index in [1.807, 2.05) is 26.0 Å². The first-order chi connectivity index (χ1) is 15.7. The number of carbonyl (C=O) groups is 1. The Balaban J connectivity index is 1.58. The van der Waals surface area contributed by atoms with Gasteiger partial charge in [-0.15, -0.1) is 0 Å². The van der Waals surface area contributed by atoms with E-state index in [0.717, 1.165) is 11.3 Å². The van der Waals surface area contributed by atoms with Crippen LogP contribution >= 0.6 is 0 Å². The van der Waals surface area contributed by atoms with Crippen LogP contribution in [0.2, 0.25) is 0 Å². The van der Waals surface area contributed by atoms with Gasteiger partial charge in [0.05, 0.1) is 17.3 Å². The number of imidazole rings is 1. The summed E-state index contributed by atoms with van der Waals surface area (Å²) in [6.45, 7) is 5.12. The summed E-state index contributed by atoms with van der Waals surface area (Å²) >= 11 is 0. The van der Waals surface area contributed by atoms with Crippen LogP contribution in [0.15, 0.2) is 47.0 Å². The standard InChI is InChI=1S/C25H25F2N3O3/c1-14-11-23(32-13-17-18(26)5-4-6-19(17)27)25-29-16(3)24(30(25)12-14)21(31)9-8-20(28)22-10-7-15(2)33-22/h4-7,10-12,20H,8-9,13,28H2,1-3H3. The van der Waals surface area contributed by atoms with E-state index in [9.17, 15) is 13.6 Å². The van der Waals surface area contributed by atoms with E-state index < -0.39 is 17.7 Å². The van der Waals surface area contributed by atoms with Crippen LogP contribution in [-0.4, -0.2) is 15.2 Å². The van der Waals surface area contributed by atoms with Gasteiger partial charge in [-0.3, -0.25) is 9.20 Å². The number of aromatic nitrogens is 2. The molecule has 172 valence electrons. The quantitative estimate of drug-likeness (QED) is 0.363. The number of fused-ring (bicyclic) bond motifs is 1. The number of ketones is 1. The number of nitrogens with two attached hydrogens (primary N) is 1. The van der Waals surface area contributed by atoms with Gasteiger partial charge in [0.25, 0.3) is 0 Å². The third kappa shape index (κ3) is 4.66. The zero-order chi connectivity index (χ0) is 23.7. The van der Waals surface area contributed by atoms with E-state index in [0.29, 0.717) is 35.0 Å². The minimum absolute atomic E-state index is 0.115. The molecule has 3 heterocycles. The van der Waals surface area contributed by atoms with E-state index in [1.165, 1.54) is 18.2 Å². The molecular weight excluding hydrogens is 428 g/mol. The number of hydrogen-bond donors (Lipinski definition) is 1. The van der Waals surface area contributed by atoms with Crippen LogP contribution in [0.5, 0.6) is 5.75 Å². The second-order valence-electron chi connectivity index (χ2n) is 8.13. The number of benzene rings is 1. The Bertz CT molecular complexity index is 1310. The van der Waals surface area contributed by atoms with Crippen molar-refractivity contribution < 1.29 is 22.7 Å². The number of rotatable bonds is 8. The maximum absolute atomic E-state index is 14.0. The average Bonchev–Trinajstić information content (AvgIpc) is 3.34. The molecule has 1 unspecified atom stereocenters. The highest BCUT2D eigenvalue weighted by molar-refractivity contribution is 5.96. The molecule has 0 saturated carbocycles. The zero-order valence-electron chi connectivity index (χ0n) is 18.7. The number of pyridine rings is 1. The lowest BCUT2D eigenvalue weighted by Crippen LogP contribution is -2.13. The fourth-order valence-electron chi connectivity index (χ4n) is 3.82. The Morgan fingerprint density at radius 3 is 2.58 bits per heavy atom. The molecule has 6 nitrogen and oxygen atoms in total. The number of halogens is 2. The van der Waals surface area contributed by atoms with Gasteiger partial charge in [0.15, 0.2) is 17.2 Å². The first kappa shape index (κ1) is 22.7. The van der Waals surface area contributed by atoms with E-state index in [2.05, 4.69) is 4.98 Å². The molecule has 0 aliphatic heterocycles. The molecule has 0 aliphatic rings. The van der Waals surface area contributed by atoms with E-state index >= 15 is 0 Å². The summed E-state index contributed by atoms with van der Waals surface area (Å²) in [5.74, 6) is 0.261. The van der Waals surface area contributed by atoms with E-state index in [1.54, 1.807) is 23.6 Å². The molecule has 4 aromatic rings. The molecule has 1 aromatic carbocycles. The fourth-order valence-corrected chi connectivity index (χ4v) is 3.82. The van der Waals surface area contributed by atoms with Crippen molar-refractivity contribution in [1.29, 1.82) is 0 Å². The highest BCUT2D eigenvalue weighted by Crippen LogP contribution is 2.27. The average molecular weight is 453 g/mol. The number of furan rings is 1. The monoisotopic (exact) mass is 453 g/mol. The molecule has 8 heteroatoms. The maximum Gasteiger partial charge on any atom is 0.181 e. The Morgan fingerprint density at radius 1 is 1.18 bits per heavy atom. The highest BCUT2D eigenvalue weighted by atomic mass is 19.1. The van der Waals surface area contributed by atoms with Crippen molar-refractivity contribution in [3.8, 4) is 5.75 Å². The predicted octanol–water partition coefficient (Wildman–Crippen LogP) is 5.37. The van der Waals surface area contributed by atoms with Crippen molar-refractivity contribution >= 4 is 11.4 Å². The Labute approximate surface area is 190 Å². The SMILES string of the molecule is Cc1cc(OCc2c(F)cccc2F)c2nc(C)c(C(=O)CCC(N)c3ccc(C)o3)n2c1. The molecule has 1 atom stereocenters. The lowest BCUT2D eigenvalue weighted by molar-refractivity contribution is 0.0970. The fraction of sp³-hybridized carbons (Fsp3) is 0.280. The van der Waals surface area contributed by atoms with Crippen LogP contribution in [0.4, 0.5) is 8.78 Å². The topological polar surface area (TPSA) is 82.8 Å². The van der Waals surface area contributed by atoms with Gasteiger partial charge in [0.2, 0.25) is 0 Å². The summed E-state index contributed by atoms with van der Waals surface area (Å²) < 4.78 is 41.0.